The Balaban J connectivity index is 1.80. The molecular formula is C21H23NO. The van der Waals surface area contributed by atoms with Gasteiger partial charge < -0.3 is 4.90 Å². The fourth-order valence-electron chi connectivity index (χ4n) is 3.16. The minimum atomic E-state index is -0.0468. The summed E-state index contributed by atoms with van der Waals surface area (Å²) in [4.78, 5) is 14.6. The molecule has 1 aliphatic heterocycles. The Morgan fingerprint density at radius 2 is 1.65 bits per heavy atom. The fourth-order valence-corrected chi connectivity index (χ4v) is 3.16. The summed E-state index contributed by atoms with van der Waals surface area (Å²) in [5.74, 6) is 0.203. The molecule has 2 heteroatoms. The smallest absolute Gasteiger partial charge is 0.232 e. The zero-order valence-electron chi connectivity index (χ0n) is 13.6. The Labute approximate surface area is 138 Å². The molecule has 2 nitrogen and oxygen atoms in total. The molecule has 1 fully saturated rings. The molecule has 0 aromatic heterocycles. The predicted octanol–water partition coefficient (Wildman–Crippen LogP) is 4.70. The largest absolute Gasteiger partial charge is 0.334 e. The van der Waals surface area contributed by atoms with Crippen LogP contribution in [0.2, 0.25) is 0 Å². The predicted molar refractivity (Wildman–Crippen MR) is 94.8 cm³/mol. The molecule has 2 aromatic rings. The second kappa shape index (κ2) is 7.28. The number of hydrogen-bond acceptors (Lipinski definition) is 1. The maximum atomic E-state index is 12.5. The first-order valence-electron chi connectivity index (χ1n) is 8.40. The lowest BCUT2D eigenvalue weighted by atomic mass is 9.81. The Hall–Kier alpha value is -2.35. The average Bonchev–Trinajstić information content (AvgIpc) is 2.61. The molecule has 0 bridgehead atoms. The summed E-state index contributed by atoms with van der Waals surface area (Å²) in [6, 6.07) is 20.7. The molecule has 3 rings (SSSR count). The third-order valence-electron chi connectivity index (χ3n) is 4.43. The lowest BCUT2D eigenvalue weighted by Gasteiger charge is -2.46. The van der Waals surface area contributed by atoms with Crippen molar-refractivity contribution in [3.05, 3.63) is 77.9 Å². The molecule has 0 N–H and O–H groups in total. The van der Waals surface area contributed by atoms with Crippen LogP contribution in [-0.4, -0.2) is 17.4 Å². The highest BCUT2D eigenvalue weighted by molar-refractivity contribution is 5.89. The minimum Gasteiger partial charge on any atom is -0.334 e. The quantitative estimate of drug-likeness (QED) is 0.708. The van der Waals surface area contributed by atoms with E-state index < -0.39 is 0 Å². The van der Waals surface area contributed by atoms with Crippen LogP contribution in [-0.2, 0) is 4.79 Å². The summed E-state index contributed by atoms with van der Waals surface area (Å²) >= 11 is 0. The molecule has 118 valence electrons. The number of carbonyl (C=O) groups excluding carboxylic acids is 1. The summed E-state index contributed by atoms with van der Waals surface area (Å²) < 4.78 is 0. The van der Waals surface area contributed by atoms with Crippen molar-refractivity contribution in [2.75, 3.05) is 6.54 Å². The number of carbonyl (C=O) groups is 1. The van der Waals surface area contributed by atoms with E-state index in [-0.39, 0.29) is 17.9 Å². The van der Waals surface area contributed by atoms with Crippen LogP contribution in [0.5, 0.6) is 0 Å². The topological polar surface area (TPSA) is 20.3 Å². The Bertz CT molecular complexity index is 663. The number of β-lactam (4-membered cyclic amide) rings is 1. The Morgan fingerprint density at radius 3 is 2.30 bits per heavy atom. The van der Waals surface area contributed by atoms with Gasteiger partial charge >= 0.3 is 0 Å². The molecular weight excluding hydrogens is 282 g/mol. The number of unbranched alkanes of at least 4 members (excludes halogenated alkanes) is 1. The standard InChI is InChI=1S/C21H23NO/c1-2-3-16-22-20(18-12-8-5-9-13-18)19(21(22)23)15-14-17-10-6-4-7-11-17/h4-15,19-20H,2-3,16H2,1H3/b15-14+/t19-,20+/m1/s1. The SMILES string of the molecule is CCCCN1C(=O)[C@H](/C=C/c2ccccc2)[C@@H]1c1ccccc1. The first kappa shape index (κ1) is 15.5. The Morgan fingerprint density at radius 1 is 1.00 bits per heavy atom. The van der Waals surface area contributed by atoms with Crippen LogP contribution in [0.25, 0.3) is 6.08 Å². The van der Waals surface area contributed by atoms with Crippen molar-refractivity contribution >= 4 is 12.0 Å². The van der Waals surface area contributed by atoms with E-state index in [0.29, 0.717) is 0 Å². The second-order valence-corrected chi connectivity index (χ2v) is 6.04. The molecule has 1 heterocycles. The average molecular weight is 305 g/mol. The van der Waals surface area contributed by atoms with E-state index in [1.165, 1.54) is 5.56 Å². The highest BCUT2D eigenvalue weighted by Crippen LogP contribution is 2.41. The van der Waals surface area contributed by atoms with Crippen molar-refractivity contribution in [3.8, 4) is 0 Å². The molecule has 2 atom stereocenters. The monoisotopic (exact) mass is 305 g/mol. The first-order valence-corrected chi connectivity index (χ1v) is 8.40. The third-order valence-corrected chi connectivity index (χ3v) is 4.43. The van der Waals surface area contributed by atoms with E-state index >= 15 is 0 Å². The second-order valence-electron chi connectivity index (χ2n) is 6.04. The highest BCUT2D eigenvalue weighted by atomic mass is 16.2. The number of benzene rings is 2. The molecule has 0 aliphatic carbocycles. The van der Waals surface area contributed by atoms with Gasteiger partial charge in [-0.1, -0.05) is 86.2 Å². The first-order chi connectivity index (χ1) is 11.3. The molecule has 2 aromatic carbocycles. The molecule has 23 heavy (non-hydrogen) atoms. The van der Waals surface area contributed by atoms with Gasteiger partial charge in [-0.25, -0.2) is 0 Å². The lowest BCUT2D eigenvalue weighted by molar-refractivity contribution is -0.153. The fraction of sp³-hybridized carbons (Fsp3) is 0.286. The van der Waals surface area contributed by atoms with Gasteiger partial charge in [-0.15, -0.1) is 0 Å². The third kappa shape index (κ3) is 3.37. The summed E-state index contributed by atoms with van der Waals surface area (Å²) in [5, 5.41) is 0. The number of amides is 1. The normalized spacial score (nSPS) is 20.7. The van der Waals surface area contributed by atoms with Gasteiger partial charge in [0.05, 0.1) is 12.0 Å². The molecule has 0 spiro atoms. The summed E-state index contributed by atoms with van der Waals surface area (Å²) in [6.07, 6.45) is 6.30. The summed E-state index contributed by atoms with van der Waals surface area (Å²) in [5.41, 5.74) is 2.37. The van der Waals surface area contributed by atoms with Gasteiger partial charge in [0.15, 0.2) is 0 Å². The lowest BCUT2D eigenvalue weighted by Crippen LogP contribution is -2.54. The van der Waals surface area contributed by atoms with Crippen LogP contribution < -0.4 is 0 Å². The summed E-state index contributed by atoms with van der Waals surface area (Å²) in [6.45, 7) is 3.01. The van der Waals surface area contributed by atoms with Crippen LogP contribution in [0.3, 0.4) is 0 Å². The summed E-state index contributed by atoms with van der Waals surface area (Å²) in [7, 11) is 0. The molecule has 0 radical (unpaired) electrons. The van der Waals surface area contributed by atoms with Crippen LogP contribution in [0, 0.1) is 5.92 Å². The van der Waals surface area contributed by atoms with E-state index in [4.69, 9.17) is 0 Å². The van der Waals surface area contributed by atoms with E-state index in [9.17, 15) is 4.79 Å². The van der Waals surface area contributed by atoms with E-state index in [1.807, 2.05) is 41.3 Å². The van der Waals surface area contributed by atoms with E-state index in [1.54, 1.807) is 0 Å². The maximum absolute atomic E-state index is 12.5. The van der Waals surface area contributed by atoms with Gasteiger partial charge in [0.25, 0.3) is 0 Å². The molecule has 1 saturated heterocycles. The minimum absolute atomic E-state index is 0.0468. The van der Waals surface area contributed by atoms with Gasteiger partial charge in [0, 0.05) is 6.54 Å². The van der Waals surface area contributed by atoms with Crippen LogP contribution >= 0.6 is 0 Å². The maximum Gasteiger partial charge on any atom is 0.232 e. The molecule has 0 unspecified atom stereocenters. The zero-order chi connectivity index (χ0) is 16.1. The van der Waals surface area contributed by atoms with Crippen molar-refractivity contribution in [1.82, 2.24) is 4.90 Å². The number of likely N-dealkylation sites (tertiary alicyclic amines) is 1. The van der Waals surface area contributed by atoms with E-state index in [0.717, 1.165) is 24.9 Å². The molecule has 0 saturated carbocycles. The van der Waals surface area contributed by atoms with E-state index in [2.05, 4.69) is 43.3 Å². The van der Waals surface area contributed by atoms with Gasteiger partial charge in [0.1, 0.15) is 0 Å². The van der Waals surface area contributed by atoms with Crippen molar-refractivity contribution in [2.24, 2.45) is 5.92 Å². The Kier molecular flexibility index (Phi) is 4.92. The van der Waals surface area contributed by atoms with Gasteiger partial charge in [-0.3, -0.25) is 4.79 Å². The number of hydrogen-bond donors (Lipinski definition) is 0. The zero-order valence-corrected chi connectivity index (χ0v) is 13.6. The van der Waals surface area contributed by atoms with Crippen LogP contribution in [0.15, 0.2) is 66.7 Å². The van der Waals surface area contributed by atoms with Crippen molar-refractivity contribution < 1.29 is 4.79 Å². The van der Waals surface area contributed by atoms with Gasteiger partial charge in [0.2, 0.25) is 5.91 Å². The van der Waals surface area contributed by atoms with Crippen molar-refractivity contribution in [1.29, 1.82) is 0 Å². The van der Waals surface area contributed by atoms with Gasteiger partial charge in [-0.05, 0) is 17.5 Å². The van der Waals surface area contributed by atoms with Crippen molar-refractivity contribution in [3.63, 3.8) is 0 Å². The highest BCUT2D eigenvalue weighted by Gasteiger charge is 2.45. The van der Waals surface area contributed by atoms with Gasteiger partial charge in [-0.2, -0.15) is 0 Å². The number of nitrogens with zero attached hydrogens (tertiary/aromatic N) is 1. The van der Waals surface area contributed by atoms with Crippen molar-refractivity contribution in [2.45, 2.75) is 25.8 Å². The molecule has 1 amide bonds. The molecule has 1 aliphatic rings. The van der Waals surface area contributed by atoms with Crippen LogP contribution in [0.1, 0.15) is 36.9 Å². The number of rotatable bonds is 6. The van der Waals surface area contributed by atoms with Crippen LogP contribution in [0.4, 0.5) is 0 Å².